The molecule has 0 spiro atoms. The van der Waals surface area contributed by atoms with Crippen molar-refractivity contribution in [2.45, 2.75) is 13.8 Å². The van der Waals surface area contributed by atoms with Gasteiger partial charge in [0.05, 0.1) is 4.88 Å². The van der Waals surface area contributed by atoms with Crippen molar-refractivity contribution in [3.8, 4) is 10.6 Å². The number of thiophene rings is 1. The zero-order chi connectivity index (χ0) is 14.8. The summed E-state index contributed by atoms with van der Waals surface area (Å²) < 4.78 is 5.36. The minimum atomic E-state index is -0.263. The molecule has 2 heterocycles. The van der Waals surface area contributed by atoms with Gasteiger partial charge in [-0.25, -0.2) is 4.98 Å². The van der Waals surface area contributed by atoms with E-state index in [1.165, 1.54) is 17.7 Å². The van der Waals surface area contributed by atoms with Crippen LogP contribution in [-0.2, 0) is 0 Å². The Balaban J connectivity index is 1.90. The fraction of sp³-hybridized carbons (Fsp3) is 0.125. The molecule has 0 fully saturated rings. The Bertz CT molecular complexity index is 775. The number of carbonyl (C=O) groups is 1. The summed E-state index contributed by atoms with van der Waals surface area (Å²) in [5, 5.41) is 4.83. The Morgan fingerprint density at radius 1 is 1.24 bits per heavy atom. The van der Waals surface area contributed by atoms with Crippen LogP contribution in [0.5, 0.6) is 0 Å². The second-order valence-electron chi connectivity index (χ2n) is 4.71. The van der Waals surface area contributed by atoms with Crippen LogP contribution in [0.4, 0.5) is 5.69 Å². The number of rotatable bonds is 3. The molecule has 0 aliphatic heterocycles. The van der Waals surface area contributed by atoms with Crippen LogP contribution in [0.2, 0.25) is 0 Å². The fourth-order valence-electron chi connectivity index (χ4n) is 2.06. The summed E-state index contributed by atoms with van der Waals surface area (Å²) in [4.78, 5) is 17.4. The van der Waals surface area contributed by atoms with E-state index in [-0.39, 0.29) is 5.91 Å². The van der Waals surface area contributed by atoms with Gasteiger partial charge in [-0.05, 0) is 42.5 Å². The second-order valence-corrected chi connectivity index (χ2v) is 5.66. The first-order chi connectivity index (χ1) is 10.2. The number of aryl methyl sites for hydroxylation is 1. The Hall–Kier alpha value is -2.40. The largest absolute Gasteiger partial charge is 0.442 e. The van der Waals surface area contributed by atoms with Crippen molar-refractivity contribution < 1.29 is 9.21 Å². The van der Waals surface area contributed by atoms with E-state index >= 15 is 0 Å². The molecule has 0 saturated carbocycles. The van der Waals surface area contributed by atoms with Gasteiger partial charge in [-0.3, -0.25) is 4.79 Å². The normalized spacial score (nSPS) is 10.6. The second kappa shape index (κ2) is 5.54. The first kappa shape index (κ1) is 13.6. The molecule has 21 heavy (non-hydrogen) atoms. The predicted molar refractivity (Wildman–Crippen MR) is 83.7 cm³/mol. The van der Waals surface area contributed by atoms with Crippen molar-refractivity contribution in [3.05, 3.63) is 58.9 Å². The molecular formula is C16H14N2O2S. The van der Waals surface area contributed by atoms with Crippen LogP contribution in [0, 0.1) is 13.8 Å². The Morgan fingerprint density at radius 3 is 2.86 bits per heavy atom. The predicted octanol–water partition coefficient (Wildman–Crippen LogP) is 4.27. The van der Waals surface area contributed by atoms with E-state index in [1.807, 2.05) is 49.6 Å². The average molecular weight is 298 g/mol. The lowest BCUT2D eigenvalue weighted by Crippen LogP contribution is -2.14. The fourth-order valence-corrected chi connectivity index (χ4v) is 2.77. The smallest absolute Gasteiger partial charge is 0.278 e. The molecule has 5 heteroatoms. The third-order valence-corrected chi connectivity index (χ3v) is 4.25. The zero-order valence-electron chi connectivity index (χ0n) is 11.7. The van der Waals surface area contributed by atoms with Crippen molar-refractivity contribution in [3.63, 3.8) is 0 Å². The van der Waals surface area contributed by atoms with Gasteiger partial charge >= 0.3 is 0 Å². The molecule has 106 valence electrons. The molecule has 0 radical (unpaired) electrons. The quantitative estimate of drug-likeness (QED) is 0.785. The zero-order valence-corrected chi connectivity index (χ0v) is 12.5. The highest BCUT2D eigenvalue weighted by molar-refractivity contribution is 7.13. The molecule has 1 amide bonds. The van der Waals surface area contributed by atoms with Crippen molar-refractivity contribution in [1.29, 1.82) is 0 Å². The van der Waals surface area contributed by atoms with E-state index in [2.05, 4.69) is 10.3 Å². The summed E-state index contributed by atoms with van der Waals surface area (Å²) >= 11 is 1.51. The maximum Gasteiger partial charge on any atom is 0.278 e. The number of oxazole rings is 1. The van der Waals surface area contributed by atoms with E-state index in [1.54, 1.807) is 0 Å². The van der Waals surface area contributed by atoms with E-state index in [4.69, 9.17) is 4.42 Å². The number of hydrogen-bond donors (Lipinski definition) is 1. The van der Waals surface area contributed by atoms with Gasteiger partial charge in [-0.15, -0.1) is 11.3 Å². The molecule has 0 bridgehead atoms. The lowest BCUT2D eigenvalue weighted by Gasteiger charge is -2.09. The number of nitrogens with zero attached hydrogens (tertiary/aromatic N) is 1. The number of hydrogen-bond acceptors (Lipinski definition) is 4. The van der Waals surface area contributed by atoms with Crippen molar-refractivity contribution >= 4 is 22.9 Å². The molecule has 0 aliphatic carbocycles. The standard InChI is InChI=1S/C16H14N2O2S/c1-10-5-3-6-12(11(10)2)18-16(19)14-15(20-9-17-14)13-7-4-8-21-13/h3-9H,1-2H3,(H,18,19). The SMILES string of the molecule is Cc1cccc(NC(=O)c2ncoc2-c2cccs2)c1C. The summed E-state index contributed by atoms with van der Waals surface area (Å²) in [5.74, 6) is 0.244. The summed E-state index contributed by atoms with van der Waals surface area (Å²) in [5.41, 5.74) is 3.27. The van der Waals surface area contributed by atoms with Gasteiger partial charge in [-0.2, -0.15) is 0 Å². The van der Waals surface area contributed by atoms with Crippen LogP contribution in [0.1, 0.15) is 21.6 Å². The van der Waals surface area contributed by atoms with Gasteiger partial charge in [0, 0.05) is 5.69 Å². The summed E-state index contributed by atoms with van der Waals surface area (Å²) in [6.07, 6.45) is 1.30. The Kier molecular flexibility index (Phi) is 3.58. The van der Waals surface area contributed by atoms with Gasteiger partial charge in [0.25, 0.3) is 5.91 Å². The summed E-state index contributed by atoms with van der Waals surface area (Å²) in [6, 6.07) is 9.62. The van der Waals surface area contributed by atoms with Gasteiger partial charge in [-0.1, -0.05) is 18.2 Å². The number of amides is 1. The van der Waals surface area contributed by atoms with Crippen LogP contribution in [-0.4, -0.2) is 10.9 Å². The lowest BCUT2D eigenvalue weighted by molar-refractivity contribution is 0.102. The highest BCUT2D eigenvalue weighted by Gasteiger charge is 2.19. The molecule has 1 aromatic carbocycles. The minimum absolute atomic E-state index is 0.263. The summed E-state index contributed by atoms with van der Waals surface area (Å²) in [7, 11) is 0. The van der Waals surface area contributed by atoms with Crippen LogP contribution >= 0.6 is 11.3 Å². The molecule has 4 nitrogen and oxygen atoms in total. The molecule has 0 unspecified atom stereocenters. The van der Waals surface area contributed by atoms with E-state index in [9.17, 15) is 4.79 Å². The van der Waals surface area contributed by atoms with Crippen molar-refractivity contribution in [1.82, 2.24) is 4.98 Å². The highest BCUT2D eigenvalue weighted by Crippen LogP contribution is 2.28. The molecule has 2 aromatic heterocycles. The molecular weight excluding hydrogens is 284 g/mol. The van der Waals surface area contributed by atoms with E-state index < -0.39 is 0 Å². The molecule has 0 saturated heterocycles. The maximum absolute atomic E-state index is 12.4. The van der Waals surface area contributed by atoms with Gasteiger partial charge in [0.15, 0.2) is 17.8 Å². The number of aromatic nitrogens is 1. The molecule has 0 aliphatic rings. The third kappa shape index (κ3) is 2.60. The number of benzene rings is 1. The Labute approximate surface area is 126 Å². The van der Waals surface area contributed by atoms with Crippen LogP contribution in [0.15, 0.2) is 46.5 Å². The van der Waals surface area contributed by atoms with Crippen LogP contribution in [0.3, 0.4) is 0 Å². The van der Waals surface area contributed by atoms with E-state index in [0.717, 1.165) is 21.7 Å². The monoisotopic (exact) mass is 298 g/mol. The number of nitrogens with one attached hydrogen (secondary N) is 1. The van der Waals surface area contributed by atoms with Crippen LogP contribution in [0.25, 0.3) is 10.6 Å². The van der Waals surface area contributed by atoms with Gasteiger partial charge in [0.1, 0.15) is 0 Å². The van der Waals surface area contributed by atoms with Crippen molar-refractivity contribution in [2.24, 2.45) is 0 Å². The molecule has 3 rings (SSSR count). The molecule has 1 N–H and O–H groups in total. The maximum atomic E-state index is 12.4. The minimum Gasteiger partial charge on any atom is -0.442 e. The first-order valence-electron chi connectivity index (χ1n) is 6.51. The molecule has 0 atom stereocenters. The average Bonchev–Trinajstić information content (AvgIpc) is 3.13. The third-order valence-electron chi connectivity index (χ3n) is 3.38. The highest BCUT2D eigenvalue weighted by atomic mass is 32.1. The van der Waals surface area contributed by atoms with E-state index in [0.29, 0.717) is 11.5 Å². The lowest BCUT2D eigenvalue weighted by atomic mass is 10.1. The number of carbonyl (C=O) groups excluding carboxylic acids is 1. The van der Waals surface area contributed by atoms with Crippen molar-refractivity contribution in [2.75, 3.05) is 5.32 Å². The van der Waals surface area contributed by atoms with Gasteiger partial charge < -0.3 is 9.73 Å². The first-order valence-corrected chi connectivity index (χ1v) is 7.39. The summed E-state index contributed by atoms with van der Waals surface area (Å²) in [6.45, 7) is 3.99. The number of anilines is 1. The van der Waals surface area contributed by atoms with Gasteiger partial charge in [0.2, 0.25) is 0 Å². The van der Waals surface area contributed by atoms with Crippen LogP contribution < -0.4 is 5.32 Å². The molecule has 3 aromatic rings. The Morgan fingerprint density at radius 2 is 2.10 bits per heavy atom. The topological polar surface area (TPSA) is 55.1 Å².